The van der Waals surface area contributed by atoms with Crippen LogP contribution in [0.4, 0.5) is 0 Å². The molecule has 0 heterocycles. The second-order valence-electron chi connectivity index (χ2n) is 2.54. The first-order valence-electron chi connectivity index (χ1n) is 3.51. The van der Waals surface area contributed by atoms with Gasteiger partial charge in [0.2, 0.25) is 0 Å². The molecule has 0 spiro atoms. The highest BCUT2D eigenvalue weighted by atomic mass is 14.6. The van der Waals surface area contributed by atoms with Crippen LogP contribution in [0.3, 0.4) is 0 Å². The molecule has 2 nitrogen and oxygen atoms in total. The fourth-order valence-corrected chi connectivity index (χ4v) is 1.22. The third kappa shape index (κ3) is 1.45. The summed E-state index contributed by atoms with van der Waals surface area (Å²) in [5.41, 5.74) is 13.5. The first-order valence-corrected chi connectivity index (χ1v) is 3.51. The first-order chi connectivity index (χ1) is 4.34. The quantitative estimate of drug-likeness (QED) is 0.544. The summed E-state index contributed by atoms with van der Waals surface area (Å²) < 4.78 is 0. The Morgan fingerprint density at radius 2 is 1.89 bits per heavy atom. The molecule has 4 N–H and O–H groups in total. The van der Waals surface area contributed by atoms with Crippen LogP contribution in [0.15, 0.2) is 11.3 Å². The lowest BCUT2D eigenvalue weighted by atomic mass is 9.97. The van der Waals surface area contributed by atoms with E-state index in [0.29, 0.717) is 6.54 Å². The molecule has 0 fully saturated rings. The smallest absolute Gasteiger partial charge is 0.0156 e. The molecule has 0 aromatic rings. The van der Waals surface area contributed by atoms with Crippen molar-refractivity contribution in [3.8, 4) is 0 Å². The van der Waals surface area contributed by atoms with Gasteiger partial charge in [-0.1, -0.05) is 0 Å². The summed E-state index contributed by atoms with van der Waals surface area (Å²) >= 11 is 0. The molecule has 0 amide bonds. The van der Waals surface area contributed by atoms with Crippen LogP contribution >= 0.6 is 0 Å². The van der Waals surface area contributed by atoms with Crippen molar-refractivity contribution < 1.29 is 0 Å². The van der Waals surface area contributed by atoms with E-state index in [1.807, 2.05) is 0 Å². The lowest BCUT2D eigenvalue weighted by Crippen LogP contribution is -2.14. The molecule has 1 rings (SSSR count). The van der Waals surface area contributed by atoms with Gasteiger partial charge in [0.15, 0.2) is 0 Å². The molecule has 9 heavy (non-hydrogen) atoms. The Morgan fingerprint density at radius 1 is 1.22 bits per heavy atom. The van der Waals surface area contributed by atoms with Crippen LogP contribution in [0.1, 0.15) is 25.7 Å². The predicted octanol–water partition coefficient (Wildman–Crippen LogP) is 0.732. The van der Waals surface area contributed by atoms with E-state index in [2.05, 4.69) is 0 Å². The number of hydrogen-bond acceptors (Lipinski definition) is 2. The molecule has 0 bridgehead atoms. The zero-order valence-corrected chi connectivity index (χ0v) is 5.69. The van der Waals surface area contributed by atoms with Crippen molar-refractivity contribution in [2.24, 2.45) is 11.5 Å². The average molecular weight is 126 g/mol. The van der Waals surface area contributed by atoms with E-state index < -0.39 is 0 Å². The molecule has 0 saturated heterocycles. The standard InChI is InChI=1S/C7H14N2/c8-5-6-3-1-2-4-7(6)9/h1-5,8-9H2. The van der Waals surface area contributed by atoms with Gasteiger partial charge in [-0.3, -0.25) is 0 Å². The lowest BCUT2D eigenvalue weighted by Gasteiger charge is -2.14. The van der Waals surface area contributed by atoms with Gasteiger partial charge in [-0.05, 0) is 31.3 Å². The van der Waals surface area contributed by atoms with Crippen molar-refractivity contribution in [1.29, 1.82) is 0 Å². The van der Waals surface area contributed by atoms with Crippen molar-refractivity contribution in [3.63, 3.8) is 0 Å². The maximum absolute atomic E-state index is 5.69. The van der Waals surface area contributed by atoms with Crippen LogP contribution in [0, 0.1) is 0 Å². The van der Waals surface area contributed by atoms with Crippen LogP contribution < -0.4 is 11.5 Å². The Hall–Kier alpha value is -0.500. The normalized spacial score (nSPS) is 20.6. The van der Waals surface area contributed by atoms with Gasteiger partial charge in [-0.25, -0.2) is 0 Å². The zero-order valence-electron chi connectivity index (χ0n) is 5.69. The lowest BCUT2D eigenvalue weighted by molar-refractivity contribution is 0.657. The topological polar surface area (TPSA) is 52.0 Å². The Kier molecular flexibility index (Phi) is 2.11. The largest absolute Gasteiger partial charge is 0.402 e. The highest BCUT2D eigenvalue weighted by Gasteiger charge is 2.06. The Labute approximate surface area is 55.9 Å². The maximum atomic E-state index is 5.69. The average Bonchev–Trinajstić information content (AvgIpc) is 1.89. The summed E-state index contributed by atoms with van der Waals surface area (Å²) in [6.45, 7) is 0.659. The van der Waals surface area contributed by atoms with Gasteiger partial charge in [0, 0.05) is 12.2 Å². The first kappa shape index (κ1) is 6.62. The monoisotopic (exact) mass is 126 g/mol. The highest BCUT2D eigenvalue weighted by Crippen LogP contribution is 2.19. The van der Waals surface area contributed by atoms with Gasteiger partial charge in [0.25, 0.3) is 0 Å². The van der Waals surface area contributed by atoms with E-state index in [1.54, 1.807) is 0 Å². The summed E-state index contributed by atoms with van der Waals surface area (Å²) in [7, 11) is 0. The fraction of sp³-hybridized carbons (Fsp3) is 0.714. The van der Waals surface area contributed by atoms with Gasteiger partial charge in [0.1, 0.15) is 0 Å². The summed E-state index contributed by atoms with van der Waals surface area (Å²) in [4.78, 5) is 0. The SMILES string of the molecule is NCC1=C(N)CCCC1. The summed E-state index contributed by atoms with van der Waals surface area (Å²) in [6, 6.07) is 0. The molecule has 0 aromatic carbocycles. The molecule has 0 atom stereocenters. The minimum atomic E-state index is 0.659. The molecule has 52 valence electrons. The third-order valence-electron chi connectivity index (χ3n) is 1.88. The molecule has 0 aromatic heterocycles. The van der Waals surface area contributed by atoms with E-state index >= 15 is 0 Å². The van der Waals surface area contributed by atoms with Crippen molar-refractivity contribution >= 4 is 0 Å². The molecule has 0 radical (unpaired) electrons. The molecular formula is C7H14N2. The van der Waals surface area contributed by atoms with Crippen LogP contribution in [0.25, 0.3) is 0 Å². The second-order valence-corrected chi connectivity index (χ2v) is 2.54. The van der Waals surface area contributed by atoms with E-state index in [-0.39, 0.29) is 0 Å². The van der Waals surface area contributed by atoms with Crippen molar-refractivity contribution in [2.45, 2.75) is 25.7 Å². The fourth-order valence-electron chi connectivity index (χ4n) is 1.22. The minimum absolute atomic E-state index is 0.659. The zero-order chi connectivity index (χ0) is 6.69. The minimum Gasteiger partial charge on any atom is -0.402 e. The molecule has 0 unspecified atom stereocenters. The number of rotatable bonds is 1. The molecule has 0 saturated carbocycles. The second kappa shape index (κ2) is 2.87. The third-order valence-corrected chi connectivity index (χ3v) is 1.88. The molecule has 0 aliphatic heterocycles. The summed E-state index contributed by atoms with van der Waals surface area (Å²) in [6.07, 6.45) is 4.71. The molecular weight excluding hydrogens is 112 g/mol. The number of hydrogen-bond donors (Lipinski definition) is 2. The molecule has 2 heteroatoms. The van der Waals surface area contributed by atoms with Gasteiger partial charge >= 0.3 is 0 Å². The van der Waals surface area contributed by atoms with Gasteiger partial charge in [0.05, 0.1) is 0 Å². The molecule has 1 aliphatic carbocycles. The Balaban J connectivity index is 2.59. The number of nitrogens with two attached hydrogens (primary N) is 2. The van der Waals surface area contributed by atoms with E-state index in [9.17, 15) is 0 Å². The van der Waals surface area contributed by atoms with Crippen LogP contribution in [-0.4, -0.2) is 6.54 Å². The van der Waals surface area contributed by atoms with E-state index in [1.165, 1.54) is 18.4 Å². The Morgan fingerprint density at radius 3 is 2.33 bits per heavy atom. The van der Waals surface area contributed by atoms with Gasteiger partial charge < -0.3 is 11.5 Å². The van der Waals surface area contributed by atoms with Crippen LogP contribution in [-0.2, 0) is 0 Å². The van der Waals surface area contributed by atoms with Gasteiger partial charge in [-0.15, -0.1) is 0 Å². The highest BCUT2D eigenvalue weighted by molar-refractivity contribution is 5.14. The summed E-state index contributed by atoms with van der Waals surface area (Å²) in [5, 5.41) is 0. The van der Waals surface area contributed by atoms with Crippen molar-refractivity contribution in [2.75, 3.05) is 6.54 Å². The Bertz CT molecular complexity index is 127. The van der Waals surface area contributed by atoms with Crippen molar-refractivity contribution in [1.82, 2.24) is 0 Å². The molecule has 1 aliphatic rings. The summed E-state index contributed by atoms with van der Waals surface area (Å²) in [5.74, 6) is 0. The van der Waals surface area contributed by atoms with E-state index in [0.717, 1.165) is 18.5 Å². The van der Waals surface area contributed by atoms with Crippen molar-refractivity contribution in [3.05, 3.63) is 11.3 Å². The van der Waals surface area contributed by atoms with E-state index in [4.69, 9.17) is 11.5 Å². The number of allylic oxidation sites excluding steroid dienone is 1. The predicted molar refractivity (Wildman–Crippen MR) is 38.7 cm³/mol. The maximum Gasteiger partial charge on any atom is 0.0156 e. The van der Waals surface area contributed by atoms with Gasteiger partial charge in [-0.2, -0.15) is 0 Å². The van der Waals surface area contributed by atoms with Crippen LogP contribution in [0.2, 0.25) is 0 Å². The van der Waals surface area contributed by atoms with Crippen LogP contribution in [0.5, 0.6) is 0 Å².